The largest absolute Gasteiger partial charge is 0.406 e. The predicted octanol–water partition coefficient (Wildman–Crippen LogP) is 3.56. The highest BCUT2D eigenvalue weighted by Crippen LogP contribution is 2.31. The van der Waals surface area contributed by atoms with E-state index in [2.05, 4.69) is 0 Å². The van der Waals surface area contributed by atoms with Gasteiger partial charge in [-0.1, -0.05) is 23.2 Å². The molecule has 0 bridgehead atoms. The lowest BCUT2D eigenvalue weighted by Gasteiger charge is -2.20. The van der Waals surface area contributed by atoms with Crippen LogP contribution in [0, 0.1) is 0 Å². The van der Waals surface area contributed by atoms with Crippen molar-refractivity contribution in [3.8, 4) is 0 Å². The number of hydrogen-bond acceptors (Lipinski definition) is 3. The first kappa shape index (κ1) is 18.3. The first-order valence-electron chi connectivity index (χ1n) is 5.09. The van der Waals surface area contributed by atoms with Crippen molar-refractivity contribution < 1.29 is 26.4 Å². The van der Waals surface area contributed by atoms with Gasteiger partial charge in [-0.05, 0) is 12.1 Å². The van der Waals surface area contributed by atoms with E-state index in [0.29, 0.717) is 4.90 Å². The molecule has 21 heavy (non-hydrogen) atoms. The van der Waals surface area contributed by atoms with Crippen LogP contribution in [0.3, 0.4) is 0 Å². The summed E-state index contributed by atoms with van der Waals surface area (Å²) in [5.74, 6) is -1.12. The first-order valence-corrected chi connectivity index (χ1v) is 8.15. The molecule has 0 N–H and O–H groups in total. The quantitative estimate of drug-likeness (QED) is 0.749. The first-order chi connectivity index (χ1) is 9.33. The van der Waals surface area contributed by atoms with E-state index in [1.54, 1.807) is 0 Å². The van der Waals surface area contributed by atoms with E-state index in [9.17, 15) is 26.4 Å². The zero-order chi connectivity index (χ0) is 16.6. The summed E-state index contributed by atoms with van der Waals surface area (Å²) in [7, 11) is 1.74. The standard InChI is InChI=1S/C10H7Cl3F3NO3S/c1-17(4-10(14,15)16)9(18)5-2-8(21(13,19)20)7(12)3-6(5)11/h2-3H,4H2,1H3. The number of nitrogens with zero attached hydrogens (tertiary/aromatic N) is 1. The summed E-state index contributed by atoms with van der Waals surface area (Å²) in [6.07, 6.45) is -4.61. The Balaban J connectivity index is 3.28. The number of benzene rings is 1. The van der Waals surface area contributed by atoms with E-state index in [1.165, 1.54) is 0 Å². The Hall–Kier alpha value is -0.700. The average Bonchev–Trinajstić information content (AvgIpc) is 2.23. The third-order valence-electron chi connectivity index (χ3n) is 2.28. The molecule has 0 aliphatic heterocycles. The van der Waals surface area contributed by atoms with Crippen molar-refractivity contribution in [2.24, 2.45) is 0 Å². The second-order valence-corrected chi connectivity index (χ2v) is 7.33. The van der Waals surface area contributed by atoms with Crippen molar-refractivity contribution in [3.05, 3.63) is 27.7 Å². The van der Waals surface area contributed by atoms with E-state index in [1.807, 2.05) is 0 Å². The van der Waals surface area contributed by atoms with Gasteiger partial charge in [-0.25, -0.2) is 8.42 Å². The molecule has 1 aromatic rings. The van der Waals surface area contributed by atoms with Crippen molar-refractivity contribution >= 4 is 48.8 Å². The molecular weight excluding hydrogens is 378 g/mol. The highest BCUT2D eigenvalue weighted by molar-refractivity contribution is 8.13. The van der Waals surface area contributed by atoms with Gasteiger partial charge in [-0.2, -0.15) is 13.2 Å². The molecule has 0 saturated heterocycles. The molecule has 0 aliphatic carbocycles. The number of amides is 1. The fourth-order valence-corrected chi connectivity index (χ4v) is 3.25. The van der Waals surface area contributed by atoms with E-state index < -0.39 is 38.1 Å². The van der Waals surface area contributed by atoms with Crippen molar-refractivity contribution in [2.45, 2.75) is 11.1 Å². The van der Waals surface area contributed by atoms with Gasteiger partial charge in [0.25, 0.3) is 15.0 Å². The summed E-state index contributed by atoms with van der Waals surface area (Å²) in [6.45, 7) is -1.52. The average molecular weight is 385 g/mol. The van der Waals surface area contributed by atoms with Crippen LogP contribution in [0.5, 0.6) is 0 Å². The highest BCUT2D eigenvalue weighted by atomic mass is 35.7. The van der Waals surface area contributed by atoms with Crippen LogP contribution in [-0.4, -0.2) is 39.0 Å². The van der Waals surface area contributed by atoms with Gasteiger partial charge >= 0.3 is 6.18 Å². The molecule has 118 valence electrons. The van der Waals surface area contributed by atoms with Crippen molar-refractivity contribution in [1.29, 1.82) is 0 Å². The van der Waals surface area contributed by atoms with Crippen LogP contribution < -0.4 is 0 Å². The minimum Gasteiger partial charge on any atom is -0.333 e. The summed E-state index contributed by atoms with van der Waals surface area (Å²) in [5.41, 5.74) is -0.452. The van der Waals surface area contributed by atoms with Crippen LogP contribution in [0.15, 0.2) is 17.0 Å². The predicted molar refractivity (Wildman–Crippen MR) is 72.5 cm³/mol. The summed E-state index contributed by atoms with van der Waals surface area (Å²) < 4.78 is 59.3. The van der Waals surface area contributed by atoms with Gasteiger partial charge in [0, 0.05) is 17.7 Å². The molecule has 0 fully saturated rings. The van der Waals surface area contributed by atoms with Crippen LogP contribution in [0.4, 0.5) is 13.2 Å². The van der Waals surface area contributed by atoms with Crippen LogP contribution in [0.1, 0.15) is 10.4 Å². The van der Waals surface area contributed by atoms with Crippen molar-refractivity contribution in [2.75, 3.05) is 13.6 Å². The normalized spacial score (nSPS) is 12.3. The topological polar surface area (TPSA) is 54.5 Å². The molecular formula is C10H7Cl3F3NO3S. The van der Waals surface area contributed by atoms with Crippen molar-refractivity contribution in [3.63, 3.8) is 0 Å². The zero-order valence-electron chi connectivity index (χ0n) is 10.2. The van der Waals surface area contributed by atoms with Gasteiger partial charge < -0.3 is 4.90 Å². The molecule has 1 rings (SSSR count). The van der Waals surface area contributed by atoms with Crippen LogP contribution in [0.25, 0.3) is 0 Å². The summed E-state index contributed by atoms with van der Waals surface area (Å²) >= 11 is 11.3. The number of alkyl halides is 3. The smallest absolute Gasteiger partial charge is 0.333 e. The Kier molecular flexibility index (Phi) is 5.41. The number of hydrogen-bond donors (Lipinski definition) is 0. The Morgan fingerprint density at radius 1 is 1.24 bits per heavy atom. The Morgan fingerprint density at radius 3 is 2.19 bits per heavy atom. The lowest BCUT2D eigenvalue weighted by Crippen LogP contribution is -2.36. The van der Waals surface area contributed by atoms with Crippen molar-refractivity contribution in [1.82, 2.24) is 4.90 Å². The zero-order valence-corrected chi connectivity index (χ0v) is 13.3. The maximum Gasteiger partial charge on any atom is 0.406 e. The van der Waals surface area contributed by atoms with Gasteiger partial charge in [-0.3, -0.25) is 4.79 Å². The minimum atomic E-state index is -4.61. The molecule has 0 aliphatic rings. The molecule has 0 saturated carbocycles. The van der Waals surface area contributed by atoms with Crippen LogP contribution in [0.2, 0.25) is 10.0 Å². The second kappa shape index (κ2) is 6.20. The van der Waals surface area contributed by atoms with Crippen LogP contribution >= 0.6 is 33.9 Å². The number of halogens is 6. The third-order valence-corrected chi connectivity index (χ3v) is 4.38. The molecule has 0 heterocycles. The van der Waals surface area contributed by atoms with E-state index >= 15 is 0 Å². The summed E-state index contributed by atoms with van der Waals surface area (Å²) in [5, 5.41) is -0.631. The minimum absolute atomic E-state index is 0.289. The lowest BCUT2D eigenvalue weighted by atomic mass is 10.2. The fourth-order valence-electron chi connectivity index (χ4n) is 1.43. The molecule has 11 heteroatoms. The maximum atomic E-state index is 12.3. The highest BCUT2D eigenvalue weighted by Gasteiger charge is 2.32. The molecule has 4 nitrogen and oxygen atoms in total. The number of carbonyl (C=O) groups is 1. The molecule has 1 amide bonds. The molecule has 0 aromatic heterocycles. The molecule has 0 radical (unpaired) electrons. The summed E-state index contributed by atoms with van der Waals surface area (Å²) in [6, 6.07) is 1.66. The van der Waals surface area contributed by atoms with Gasteiger partial charge in [0.2, 0.25) is 0 Å². The third kappa shape index (κ3) is 4.91. The Bertz CT molecular complexity index is 676. The van der Waals surface area contributed by atoms with E-state index in [4.69, 9.17) is 33.9 Å². The van der Waals surface area contributed by atoms with Gasteiger partial charge in [-0.15, -0.1) is 0 Å². The molecule has 0 atom stereocenters. The van der Waals surface area contributed by atoms with Gasteiger partial charge in [0.05, 0.1) is 15.6 Å². The lowest BCUT2D eigenvalue weighted by molar-refractivity contribution is -0.138. The Morgan fingerprint density at radius 2 is 1.76 bits per heavy atom. The molecule has 0 unspecified atom stereocenters. The van der Waals surface area contributed by atoms with Gasteiger partial charge in [0.15, 0.2) is 0 Å². The Labute approximate surface area is 132 Å². The fraction of sp³-hybridized carbons (Fsp3) is 0.300. The molecule has 0 spiro atoms. The van der Waals surface area contributed by atoms with Crippen LogP contribution in [-0.2, 0) is 9.05 Å². The maximum absolute atomic E-state index is 12.3. The van der Waals surface area contributed by atoms with E-state index in [0.717, 1.165) is 19.2 Å². The molecule has 1 aromatic carbocycles. The number of rotatable bonds is 3. The SMILES string of the molecule is CN(CC(F)(F)F)C(=O)c1cc(S(=O)(=O)Cl)c(Cl)cc1Cl. The second-order valence-electron chi connectivity index (χ2n) is 3.98. The summed E-state index contributed by atoms with van der Waals surface area (Å²) in [4.78, 5) is 11.6. The number of carbonyl (C=O) groups excluding carboxylic acids is 1. The monoisotopic (exact) mass is 383 g/mol. The van der Waals surface area contributed by atoms with Gasteiger partial charge in [0.1, 0.15) is 11.4 Å². The van der Waals surface area contributed by atoms with E-state index in [-0.39, 0.29) is 10.0 Å².